The van der Waals surface area contributed by atoms with Gasteiger partial charge in [-0.05, 0) is 30.9 Å². The van der Waals surface area contributed by atoms with Gasteiger partial charge in [0.15, 0.2) is 5.82 Å². The first kappa shape index (κ1) is 17.2. The topological polar surface area (TPSA) is 53.4 Å². The number of carbonyl (C=O) groups is 1. The Morgan fingerprint density at radius 1 is 1.19 bits per heavy atom. The second kappa shape index (κ2) is 6.80. The molecule has 2 aliphatic rings. The highest BCUT2D eigenvalue weighted by atomic mass is 19.1. The molecule has 1 aromatic heterocycles. The molecule has 4 nitrogen and oxygen atoms in total. The lowest BCUT2D eigenvalue weighted by Gasteiger charge is -2.52. The highest BCUT2D eigenvalue weighted by Crippen LogP contribution is 2.47. The number of amides is 1. The lowest BCUT2D eigenvalue weighted by atomic mass is 9.66. The van der Waals surface area contributed by atoms with Crippen molar-refractivity contribution in [2.24, 2.45) is 5.92 Å². The number of pyridine rings is 1. The lowest BCUT2D eigenvalue weighted by Crippen LogP contribution is -2.59. The number of nitrogens with zero attached hydrogens (tertiary/aromatic N) is 2. The van der Waals surface area contributed by atoms with Crippen LogP contribution in [0.15, 0.2) is 48.8 Å². The quantitative estimate of drug-likeness (QED) is 0.898. The van der Waals surface area contributed by atoms with Crippen molar-refractivity contribution in [2.75, 3.05) is 6.54 Å². The van der Waals surface area contributed by atoms with Crippen molar-refractivity contribution in [3.63, 3.8) is 0 Å². The Balaban J connectivity index is 1.67. The summed E-state index contributed by atoms with van der Waals surface area (Å²) >= 11 is 0. The third-order valence-electron chi connectivity index (χ3n) is 6.01. The second-order valence-electron chi connectivity index (χ2n) is 7.35. The molecule has 1 saturated carbocycles. The number of aliphatic hydroxyl groups is 1. The molecule has 2 aromatic rings. The van der Waals surface area contributed by atoms with Crippen LogP contribution in [0.1, 0.15) is 48.0 Å². The first-order valence-corrected chi connectivity index (χ1v) is 9.29. The fourth-order valence-corrected chi connectivity index (χ4v) is 4.72. The minimum absolute atomic E-state index is 0.0266. The fraction of sp³-hybridized carbons (Fsp3) is 0.429. The van der Waals surface area contributed by atoms with Crippen molar-refractivity contribution in [3.8, 4) is 0 Å². The van der Waals surface area contributed by atoms with Crippen molar-refractivity contribution in [1.29, 1.82) is 0 Å². The standard InChI is InChI=1S/C21H23FN2O2/c22-18-14-23-12-10-16(18)20(25)24-13-11-21(26,15-6-2-1-3-7-15)17-8-4-5-9-19(17)24/h1-3,6-7,10,12,14,17,19,26H,4-5,8-9,11,13H2/t17-,19?,21-/m1/s1. The minimum Gasteiger partial charge on any atom is -0.385 e. The summed E-state index contributed by atoms with van der Waals surface area (Å²) in [5.74, 6) is -0.910. The average molecular weight is 354 g/mol. The van der Waals surface area contributed by atoms with Crippen LogP contribution in [-0.2, 0) is 5.60 Å². The summed E-state index contributed by atoms with van der Waals surface area (Å²) in [6.45, 7) is 0.424. The largest absolute Gasteiger partial charge is 0.385 e. The molecular weight excluding hydrogens is 331 g/mol. The van der Waals surface area contributed by atoms with E-state index in [0.717, 1.165) is 37.4 Å². The molecule has 0 bridgehead atoms. The SMILES string of the molecule is O=C(c1ccncc1F)N1CC[C@@](O)(c2ccccc2)[C@@H]2CCCCC21. The van der Waals surface area contributed by atoms with Crippen molar-refractivity contribution in [1.82, 2.24) is 9.88 Å². The zero-order valence-electron chi connectivity index (χ0n) is 14.6. The van der Waals surface area contributed by atoms with E-state index < -0.39 is 11.4 Å². The van der Waals surface area contributed by atoms with Gasteiger partial charge in [-0.2, -0.15) is 0 Å². The number of hydrogen-bond acceptors (Lipinski definition) is 3. The van der Waals surface area contributed by atoms with E-state index in [0.29, 0.717) is 13.0 Å². The average Bonchev–Trinajstić information content (AvgIpc) is 2.69. The maximum Gasteiger partial charge on any atom is 0.257 e. The van der Waals surface area contributed by atoms with Gasteiger partial charge in [-0.25, -0.2) is 4.39 Å². The van der Waals surface area contributed by atoms with Gasteiger partial charge in [0.1, 0.15) is 0 Å². The van der Waals surface area contributed by atoms with Crippen LogP contribution in [0.25, 0.3) is 0 Å². The van der Waals surface area contributed by atoms with Gasteiger partial charge in [0.05, 0.1) is 17.4 Å². The Kier molecular flexibility index (Phi) is 4.49. The molecule has 4 rings (SSSR count). The van der Waals surface area contributed by atoms with Crippen LogP contribution in [0, 0.1) is 11.7 Å². The van der Waals surface area contributed by atoms with Gasteiger partial charge in [-0.1, -0.05) is 43.2 Å². The van der Waals surface area contributed by atoms with E-state index in [9.17, 15) is 14.3 Å². The van der Waals surface area contributed by atoms with Crippen LogP contribution in [0.2, 0.25) is 0 Å². The summed E-state index contributed by atoms with van der Waals surface area (Å²) in [5, 5.41) is 11.5. The van der Waals surface area contributed by atoms with Crippen LogP contribution >= 0.6 is 0 Å². The van der Waals surface area contributed by atoms with E-state index in [1.165, 1.54) is 12.3 Å². The molecule has 1 N–H and O–H groups in total. The normalized spacial score (nSPS) is 28.5. The first-order valence-electron chi connectivity index (χ1n) is 9.29. The number of fused-ring (bicyclic) bond motifs is 1. The predicted octanol–water partition coefficient (Wildman–Crippen LogP) is 3.51. The summed E-state index contributed by atoms with van der Waals surface area (Å²) < 4.78 is 14.1. The third kappa shape index (κ3) is 2.80. The predicted molar refractivity (Wildman–Crippen MR) is 95.9 cm³/mol. The van der Waals surface area contributed by atoms with E-state index in [-0.39, 0.29) is 23.4 Å². The number of halogens is 1. The molecule has 0 radical (unpaired) electrons. The maximum atomic E-state index is 14.1. The van der Waals surface area contributed by atoms with Crippen LogP contribution in [-0.4, -0.2) is 33.5 Å². The zero-order chi connectivity index (χ0) is 18.1. The molecule has 1 aromatic carbocycles. The molecule has 2 heterocycles. The summed E-state index contributed by atoms with van der Waals surface area (Å²) in [7, 11) is 0. The number of aromatic nitrogens is 1. The van der Waals surface area contributed by atoms with Gasteiger partial charge in [0.25, 0.3) is 5.91 Å². The summed E-state index contributed by atoms with van der Waals surface area (Å²) in [6.07, 6.45) is 6.78. The van der Waals surface area contributed by atoms with Gasteiger partial charge < -0.3 is 10.0 Å². The van der Waals surface area contributed by atoms with Crippen molar-refractivity contribution < 1.29 is 14.3 Å². The number of piperidine rings is 1. The van der Waals surface area contributed by atoms with Crippen molar-refractivity contribution in [3.05, 3.63) is 65.7 Å². The molecule has 136 valence electrons. The number of rotatable bonds is 2. The number of carbonyl (C=O) groups excluding carboxylic acids is 1. The maximum absolute atomic E-state index is 14.1. The molecule has 0 spiro atoms. The molecule has 1 aliphatic carbocycles. The van der Waals surface area contributed by atoms with Crippen LogP contribution < -0.4 is 0 Å². The molecule has 1 saturated heterocycles. The summed E-state index contributed by atoms with van der Waals surface area (Å²) in [4.78, 5) is 18.5. The fourth-order valence-electron chi connectivity index (χ4n) is 4.72. The molecule has 1 unspecified atom stereocenters. The smallest absolute Gasteiger partial charge is 0.257 e. The Morgan fingerprint density at radius 2 is 1.96 bits per heavy atom. The Morgan fingerprint density at radius 3 is 2.73 bits per heavy atom. The summed E-state index contributed by atoms with van der Waals surface area (Å²) in [6, 6.07) is 11.1. The highest BCUT2D eigenvalue weighted by molar-refractivity contribution is 5.94. The van der Waals surface area contributed by atoms with Gasteiger partial charge in [0, 0.05) is 24.7 Å². The molecule has 1 aliphatic heterocycles. The molecule has 1 amide bonds. The van der Waals surface area contributed by atoms with E-state index in [2.05, 4.69) is 4.98 Å². The van der Waals surface area contributed by atoms with E-state index >= 15 is 0 Å². The Hall–Kier alpha value is -2.27. The van der Waals surface area contributed by atoms with Crippen LogP contribution in [0.5, 0.6) is 0 Å². The number of hydrogen-bond donors (Lipinski definition) is 1. The lowest BCUT2D eigenvalue weighted by molar-refractivity contribution is -0.110. The van der Waals surface area contributed by atoms with Gasteiger partial charge in [-0.3, -0.25) is 9.78 Å². The molecule has 26 heavy (non-hydrogen) atoms. The van der Waals surface area contributed by atoms with E-state index in [1.807, 2.05) is 30.3 Å². The zero-order valence-corrected chi connectivity index (χ0v) is 14.6. The summed E-state index contributed by atoms with van der Waals surface area (Å²) in [5.41, 5.74) is 0.0495. The van der Waals surface area contributed by atoms with Gasteiger partial charge in [-0.15, -0.1) is 0 Å². The van der Waals surface area contributed by atoms with E-state index in [1.54, 1.807) is 4.90 Å². The molecule has 5 heteroatoms. The number of likely N-dealkylation sites (tertiary alicyclic amines) is 1. The van der Waals surface area contributed by atoms with Gasteiger partial charge in [0.2, 0.25) is 0 Å². The van der Waals surface area contributed by atoms with Crippen LogP contribution in [0.3, 0.4) is 0 Å². The number of benzene rings is 1. The highest BCUT2D eigenvalue weighted by Gasteiger charge is 2.50. The van der Waals surface area contributed by atoms with Crippen LogP contribution in [0.4, 0.5) is 4.39 Å². The Labute approximate surface area is 152 Å². The molecule has 3 atom stereocenters. The van der Waals surface area contributed by atoms with E-state index in [4.69, 9.17) is 0 Å². The monoisotopic (exact) mass is 354 g/mol. The minimum atomic E-state index is -0.931. The third-order valence-corrected chi connectivity index (χ3v) is 6.01. The second-order valence-corrected chi connectivity index (χ2v) is 7.35. The molecular formula is C21H23FN2O2. The first-order chi connectivity index (χ1) is 12.6. The van der Waals surface area contributed by atoms with Crippen molar-refractivity contribution >= 4 is 5.91 Å². The Bertz CT molecular complexity index is 798. The van der Waals surface area contributed by atoms with Crippen molar-refractivity contribution in [2.45, 2.75) is 43.7 Å². The molecule has 2 fully saturated rings. The van der Waals surface area contributed by atoms with Gasteiger partial charge >= 0.3 is 0 Å².